The monoisotopic (exact) mass is 347 g/mol. The lowest BCUT2D eigenvalue weighted by atomic mass is 10.1. The zero-order valence-corrected chi connectivity index (χ0v) is 13.8. The predicted molar refractivity (Wildman–Crippen MR) is 85.6 cm³/mol. The van der Waals surface area contributed by atoms with Crippen LogP contribution < -0.4 is 0 Å². The first-order valence-electron chi connectivity index (χ1n) is 6.80. The lowest BCUT2D eigenvalue weighted by molar-refractivity contribution is -0.136. The van der Waals surface area contributed by atoms with E-state index in [1.165, 1.54) is 23.1 Å². The van der Waals surface area contributed by atoms with Crippen LogP contribution in [0.15, 0.2) is 45.2 Å². The summed E-state index contributed by atoms with van der Waals surface area (Å²) < 4.78 is 2.45. The molecule has 23 heavy (non-hydrogen) atoms. The van der Waals surface area contributed by atoms with Gasteiger partial charge in [-0.1, -0.05) is 30.3 Å². The molecular weight excluding hydrogens is 334 g/mol. The molecule has 0 saturated carbocycles. The molecule has 1 aromatic carbocycles. The molecule has 0 aliphatic carbocycles. The Morgan fingerprint density at radius 3 is 2.91 bits per heavy atom. The number of carbonyl (C=O) groups is 1. The predicted octanol–water partition coefficient (Wildman–Crippen LogP) is 2.52. The first kappa shape index (κ1) is 15.6. The Balaban J connectivity index is 1.78. The summed E-state index contributed by atoms with van der Waals surface area (Å²) in [6, 6.07) is 9.95. The molecule has 1 unspecified atom stereocenters. The van der Waals surface area contributed by atoms with Crippen molar-refractivity contribution in [1.82, 2.24) is 25.2 Å². The Morgan fingerprint density at radius 2 is 2.17 bits per heavy atom. The number of carboxylic acid groups (broad SMARTS) is 1. The third kappa shape index (κ3) is 3.74. The van der Waals surface area contributed by atoms with Crippen molar-refractivity contribution in [2.75, 3.05) is 0 Å². The van der Waals surface area contributed by atoms with Gasteiger partial charge in [0.2, 0.25) is 5.16 Å². The average Bonchev–Trinajstić information content (AvgIpc) is 3.17. The molecule has 1 atom stereocenters. The standard InChI is InChI=1S/C14H13N5O2S2/c1-9(10-5-3-2-4-6-10)19-13(16-17-18-19)23-14-15-11(8-22-14)7-12(20)21/h2-6,8-9H,7H2,1H3,(H,20,21). The van der Waals surface area contributed by atoms with Crippen LogP contribution >= 0.6 is 23.1 Å². The van der Waals surface area contributed by atoms with Crippen molar-refractivity contribution >= 4 is 29.1 Å². The smallest absolute Gasteiger partial charge is 0.309 e. The van der Waals surface area contributed by atoms with Crippen molar-refractivity contribution in [3.63, 3.8) is 0 Å². The van der Waals surface area contributed by atoms with Crippen LogP contribution in [0.25, 0.3) is 0 Å². The van der Waals surface area contributed by atoms with Gasteiger partial charge >= 0.3 is 5.97 Å². The fraction of sp³-hybridized carbons (Fsp3) is 0.214. The van der Waals surface area contributed by atoms with E-state index in [2.05, 4.69) is 20.5 Å². The number of aromatic nitrogens is 5. The second kappa shape index (κ2) is 6.88. The molecule has 3 rings (SSSR count). The maximum Gasteiger partial charge on any atom is 0.309 e. The Kier molecular flexibility index (Phi) is 4.68. The van der Waals surface area contributed by atoms with Gasteiger partial charge in [-0.05, 0) is 34.7 Å². The molecule has 0 radical (unpaired) electrons. The lowest BCUT2D eigenvalue weighted by Crippen LogP contribution is -2.10. The molecule has 0 amide bonds. The van der Waals surface area contributed by atoms with Crippen molar-refractivity contribution in [1.29, 1.82) is 0 Å². The van der Waals surface area contributed by atoms with E-state index >= 15 is 0 Å². The van der Waals surface area contributed by atoms with Crippen LogP contribution in [0.4, 0.5) is 0 Å². The zero-order valence-electron chi connectivity index (χ0n) is 12.2. The van der Waals surface area contributed by atoms with Crippen molar-refractivity contribution in [3.8, 4) is 0 Å². The second-order valence-corrected chi connectivity index (χ2v) is 6.84. The van der Waals surface area contributed by atoms with E-state index in [-0.39, 0.29) is 12.5 Å². The second-order valence-electron chi connectivity index (χ2n) is 4.77. The van der Waals surface area contributed by atoms with Gasteiger partial charge in [0.1, 0.15) is 0 Å². The molecule has 0 fully saturated rings. The van der Waals surface area contributed by atoms with Gasteiger partial charge in [-0.15, -0.1) is 16.4 Å². The number of aliphatic carboxylic acids is 1. The van der Waals surface area contributed by atoms with Gasteiger partial charge in [0.15, 0.2) is 4.34 Å². The normalized spacial score (nSPS) is 12.2. The molecule has 7 nitrogen and oxygen atoms in total. The number of carboxylic acids is 1. The van der Waals surface area contributed by atoms with Crippen LogP contribution in [0.1, 0.15) is 24.2 Å². The number of benzene rings is 1. The SMILES string of the molecule is CC(c1ccccc1)n1nnnc1Sc1nc(CC(=O)O)cs1. The number of hydrogen-bond donors (Lipinski definition) is 1. The van der Waals surface area contributed by atoms with E-state index in [0.29, 0.717) is 10.9 Å². The van der Waals surface area contributed by atoms with Gasteiger partial charge in [0, 0.05) is 5.38 Å². The minimum absolute atomic E-state index is 0.00727. The minimum Gasteiger partial charge on any atom is -0.481 e. The number of nitrogens with zero attached hydrogens (tertiary/aromatic N) is 5. The van der Waals surface area contributed by atoms with Crippen LogP contribution in [0.3, 0.4) is 0 Å². The summed E-state index contributed by atoms with van der Waals surface area (Å²) in [7, 11) is 0. The molecule has 3 aromatic rings. The highest BCUT2D eigenvalue weighted by atomic mass is 32.2. The van der Waals surface area contributed by atoms with Crippen LogP contribution in [0.2, 0.25) is 0 Å². The maximum absolute atomic E-state index is 10.7. The van der Waals surface area contributed by atoms with Crippen LogP contribution in [-0.4, -0.2) is 36.3 Å². The fourth-order valence-corrected chi connectivity index (χ4v) is 3.81. The van der Waals surface area contributed by atoms with E-state index in [0.717, 1.165) is 9.90 Å². The highest BCUT2D eigenvalue weighted by Gasteiger charge is 2.17. The summed E-state index contributed by atoms with van der Waals surface area (Å²) in [5, 5.41) is 23.0. The Hall–Kier alpha value is -2.26. The lowest BCUT2D eigenvalue weighted by Gasteiger charge is -2.12. The number of thiazole rings is 1. The summed E-state index contributed by atoms with van der Waals surface area (Å²) in [4.78, 5) is 15.0. The summed E-state index contributed by atoms with van der Waals surface area (Å²) in [6.45, 7) is 2.02. The van der Waals surface area contributed by atoms with E-state index < -0.39 is 5.97 Å². The van der Waals surface area contributed by atoms with Crippen molar-refractivity contribution in [3.05, 3.63) is 47.0 Å². The van der Waals surface area contributed by atoms with E-state index in [1.807, 2.05) is 37.3 Å². The summed E-state index contributed by atoms with van der Waals surface area (Å²) in [5.41, 5.74) is 1.65. The number of tetrazole rings is 1. The molecule has 118 valence electrons. The highest BCUT2D eigenvalue weighted by molar-refractivity contribution is 8.00. The van der Waals surface area contributed by atoms with Gasteiger partial charge in [-0.2, -0.15) is 0 Å². The minimum atomic E-state index is -0.894. The first-order chi connectivity index (χ1) is 11.1. The molecule has 0 aliphatic heterocycles. The maximum atomic E-state index is 10.7. The molecule has 0 spiro atoms. The van der Waals surface area contributed by atoms with Gasteiger partial charge in [-0.3, -0.25) is 4.79 Å². The largest absolute Gasteiger partial charge is 0.481 e. The Morgan fingerprint density at radius 1 is 1.39 bits per heavy atom. The molecule has 0 saturated heterocycles. The van der Waals surface area contributed by atoms with Crippen LogP contribution in [0.5, 0.6) is 0 Å². The molecule has 0 aliphatic rings. The summed E-state index contributed by atoms with van der Waals surface area (Å²) >= 11 is 2.72. The van der Waals surface area contributed by atoms with Gasteiger partial charge in [0.25, 0.3) is 0 Å². The van der Waals surface area contributed by atoms with Gasteiger partial charge in [-0.25, -0.2) is 9.67 Å². The molecule has 2 aromatic heterocycles. The average molecular weight is 347 g/mol. The van der Waals surface area contributed by atoms with Crippen molar-refractivity contribution in [2.24, 2.45) is 0 Å². The molecule has 0 bridgehead atoms. The number of rotatable bonds is 6. The zero-order chi connectivity index (χ0) is 16.2. The summed E-state index contributed by atoms with van der Waals surface area (Å²) in [6.07, 6.45) is -0.0809. The van der Waals surface area contributed by atoms with E-state index in [4.69, 9.17) is 5.11 Å². The van der Waals surface area contributed by atoms with E-state index in [1.54, 1.807) is 10.1 Å². The Labute approximate surface area is 140 Å². The van der Waals surface area contributed by atoms with Crippen LogP contribution in [-0.2, 0) is 11.2 Å². The van der Waals surface area contributed by atoms with E-state index in [9.17, 15) is 4.79 Å². The first-order valence-corrected chi connectivity index (χ1v) is 8.50. The molecule has 9 heteroatoms. The summed E-state index contributed by atoms with van der Waals surface area (Å²) in [5.74, 6) is -0.894. The molecular formula is C14H13N5O2S2. The highest BCUT2D eigenvalue weighted by Crippen LogP contribution is 2.31. The van der Waals surface area contributed by atoms with Crippen molar-refractivity contribution in [2.45, 2.75) is 28.9 Å². The van der Waals surface area contributed by atoms with Gasteiger partial charge < -0.3 is 5.11 Å². The third-order valence-electron chi connectivity index (χ3n) is 3.15. The van der Waals surface area contributed by atoms with Crippen molar-refractivity contribution < 1.29 is 9.90 Å². The van der Waals surface area contributed by atoms with Gasteiger partial charge in [0.05, 0.1) is 18.2 Å². The van der Waals surface area contributed by atoms with Crippen LogP contribution in [0, 0.1) is 0 Å². The number of hydrogen-bond acceptors (Lipinski definition) is 7. The fourth-order valence-electron chi connectivity index (χ4n) is 2.02. The Bertz CT molecular complexity index is 802. The molecule has 1 N–H and O–H groups in total. The molecule has 2 heterocycles. The topological polar surface area (TPSA) is 93.8 Å². The quantitative estimate of drug-likeness (QED) is 0.732. The third-order valence-corrected chi connectivity index (χ3v) is 5.09.